The first-order valence-corrected chi connectivity index (χ1v) is 11.8. The van der Waals surface area contributed by atoms with Crippen molar-refractivity contribution in [2.75, 3.05) is 11.1 Å². The van der Waals surface area contributed by atoms with Gasteiger partial charge in [-0.2, -0.15) is 0 Å². The summed E-state index contributed by atoms with van der Waals surface area (Å²) < 4.78 is 3.35. The van der Waals surface area contributed by atoms with Crippen LogP contribution in [-0.2, 0) is 25.3 Å². The summed E-state index contributed by atoms with van der Waals surface area (Å²) >= 11 is 2.55. The van der Waals surface area contributed by atoms with Crippen LogP contribution in [0.25, 0.3) is 21.3 Å². The van der Waals surface area contributed by atoms with Gasteiger partial charge in [0.2, 0.25) is 5.91 Å². The number of aryl methyl sites for hydroxylation is 1. The average molecular weight is 471 g/mol. The minimum Gasteiger partial charge on any atom is -0.301 e. The van der Waals surface area contributed by atoms with Gasteiger partial charge in [0.25, 0.3) is 5.56 Å². The second kappa shape index (κ2) is 8.83. The van der Waals surface area contributed by atoms with Crippen LogP contribution in [0.15, 0.2) is 38.9 Å². The molecule has 0 atom stereocenters. The summed E-state index contributed by atoms with van der Waals surface area (Å²) in [6.07, 6.45) is 0.588. The smallest absolute Gasteiger partial charge is 0.301 e. The molecule has 1 aromatic carbocycles. The summed E-state index contributed by atoms with van der Waals surface area (Å²) in [4.78, 5) is 51.2. The molecule has 0 fully saturated rings. The average Bonchev–Trinajstić information content (AvgIpc) is 3.16. The molecule has 0 aliphatic rings. The lowest BCUT2D eigenvalue weighted by Gasteiger charge is -2.12. The Morgan fingerprint density at radius 1 is 1.12 bits per heavy atom. The third kappa shape index (κ3) is 4.30. The van der Waals surface area contributed by atoms with Gasteiger partial charge in [0.1, 0.15) is 16.2 Å². The maximum absolute atomic E-state index is 12.8. The number of anilines is 1. The lowest BCUT2D eigenvalue weighted by molar-refractivity contribution is -0.113. The monoisotopic (exact) mass is 470 g/mol. The van der Waals surface area contributed by atoms with E-state index in [-0.39, 0.29) is 28.6 Å². The van der Waals surface area contributed by atoms with Gasteiger partial charge in [0, 0.05) is 20.5 Å². The van der Waals surface area contributed by atoms with Crippen LogP contribution in [0.4, 0.5) is 5.13 Å². The fourth-order valence-corrected chi connectivity index (χ4v) is 4.96. The fraction of sp³-hybridized carbons (Fsp3) is 0.333. The molecule has 1 amide bonds. The van der Waals surface area contributed by atoms with Crippen molar-refractivity contribution in [2.45, 2.75) is 25.3 Å². The Morgan fingerprint density at radius 3 is 2.59 bits per heavy atom. The Hall–Kier alpha value is -3.05. The van der Waals surface area contributed by atoms with E-state index in [4.69, 9.17) is 0 Å². The van der Waals surface area contributed by atoms with Gasteiger partial charge in [-0.1, -0.05) is 49.1 Å². The van der Waals surface area contributed by atoms with Gasteiger partial charge in [0.15, 0.2) is 10.8 Å². The third-order valence-corrected chi connectivity index (χ3v) is 6.71. The number of fused-ring (bicyclic) bond motifs is 2. The number of hydrogen-bond acceptors (Lipinski definition) is 8. The molecule has 166 valence electrons. The van der Waals surface area contributed by atoms with Crippen LogP contribution in [-0.4, -0.2) is 35.7 Å². The molecule has 0 saturated heterocycles. The van der Waals surface area contributed by atoms with Gasteiger partial charge in [-0.25, -0.2) is 19.7 Å². The second-order valence-electron chi connectivity index (χ2n) is 7.77. The van der Waals surface area contributed by atoms with Crippen molar-refractivity contribution in [3.63, 3.8) is 0 Å². The molecule has 0 aliphatic carbocycles. The van der Waals surface area contributed by atoms with Gasteiger partial charge in [-0.15, -0.1) is 0 Å². The number of thioether (sulfide) groups is 1. The van der Waals surface area contributed by atoms with E-state index in [9.17, 15) is 14.4 Å². The SMILES string of the molecule is CC(C)Cc1nc(SCC(=O)Nc2nc3ccccc3s2)c2c(=O)n(C)c(=O)n(C)c2n1. The summed E-state index contributed by atoms with van der Waals surface area (Å²) in [5.41, 5.74) is 0.164. The quantitative estimate of drug-likeness (QED) is 0.340. The van der Waals surface area contributed by atoms with E-state index in [0.717, 1.165) is 26.5 Å². The maximum Gasteiger partial charge on any atom is 0.332 e. The number of aromatic nitrogens is 5. The zero-order valence-electron chi connectivity index (χ0n) is 18.1. The number of carbonyl (C=O) groups excluding carboxylic acids is 1. The highest BCUT2D eigenvalue weighted by Gasteiger charge is 2.19. The molecule has 0 aliphatic heterocycles. The first kappa shape index (κ1) is 22.2. The van der Waals surface area contributed by atoms with E-state index in [1.54, 1.807) is 7.05 Å². The van der Waals surface area contributed by atoms with Crippen molar-refractivity contribution >= 4 is 55.4 Å². The molecule has 0 unspecified atom stereocenters. The van der Waals surface area contributed by atoms with Crippen molar-refractivity contribution in [3.05, 3.63) is 50.9 Å². The fourth-order valence-electron chi connectivity index (χ4n) is 3.25. The number of benzene rings is 1. The van der Waals surface area contributed by atoms with E-state index in [1.165, 1.54) is 23.0 Å². The molecule has 9 nitrogen and oxygen atoms in total. The molecular formula is C21H22N6O3S2. The summed E-state index contributed by atoms with van der Waals surface area (Å²) in [6.45, 7) is 4.07. The van der Waals surface area contributed by atoms with Crippen LogP contribution in [0.5, 0.6) is 0 Å². The van der Waals surface area contributed by atoms with E-state index >= 15 is 0 Å². The number of thiazole rings is 1. The molecule has 4 rings (SSSR count). The van der Waals surface area contributed by atoms with Gasteiger partial charge in [-0.05, 0) is 18.1 Å². The molecule has 3 aromatic heterocycles. The van der Waals surface area contributed by atoms with E-state index < -0.39 is 11.2 Å². The molecule has 1 N–H and O–H groups in total. The predicted molar refractivity (Wildman–Crippen MR) is 128 cm³/mol. The van der Waals surface area contributed by atoms with E-state index in [2.05, 4.69) is 20.3 Å². The molecule has 0 bridgehead atoms. The maximum atomic E-state index is 12.8. The molecule has 32 heavy (non-hydrogen) atoms. The highest BCUT2D eigenvalue weighted by molar-refractivity contribution is 8.00. The van der Waals surface area contributed by atoms with Crippen LogP contribution in [0.2, 0.25) is 0 Å². The number of nitrogens with zero attached hydrogens (tertiary/aromatic N) is 5. The minimum absolute atomic E-state index is 0.0369. The lowest BCUT2D eigenvalue weighted by atomic mass is 10.1. The van der Waals surface area contributed by atoms with Gasteiger partial charge < -0.3 is 5.32 Å². The van der Waals surface area contributed by atoms with Crippen LogP contribution in [0.1, 0.15) is 19.7 Å². The normalized spacial score (nSPS) is 11.5. The number of para-hydroxylation sites is 1. The summed E-state index contributed by atoms with van der Waals surface area (Å²) in [5, 5.41) is 3.95. The number of nitrogens with one attached hydrogen (secondary N) is 1. The summed E-state index contributed by atoms with van der Waals surface area (Å²) in [6, 6.07) is 7.65. The number of amides is 1. The van der Waals surface area contributed by atoms with E-state index in [0.29, 0.717) is 22.4 Å². The Balaban J connectivity index is 1.65. The van der Waals surface area contributed by atoms with Gasteiger partial charge in [0.05, 0.1) is 16.0 Å². The minimum atomic E-state index is -0.478. The first-order chi connectivity index (χ1) is 15.2. The van der Waals surface area contributed by atoms with Gasteiger partial charge in [-0.3, -0.25) is 18.7 Å². The molecule has 4 aromatic rings. The van der Waals surface area contributed by atoms with E-state index in [1.807, 2.05) is 38.1 Å². The molecule has 0 saturated carbocycles. The highest BCUT2D eigenvalue weighted by Crippen LogP contribution is 2.27. The van der Waals surface area contributed by atoms with Crippen LogP contribution in [0.3, 0.4) is 0 Å². The van der Waals surface area contributed by atoms with Crippen molar-refractivity contribution in [1.29, 1.82) is 0 Å². The van der Waals surface area contributed by atoms with Crippen LogP contribution < -0.4 is 16.6 Å². The second-order valence-corrected chi connectivity index (χ2v) is 9.77. The molecule has 3 heterocycles. The first-order valence-electron chi connectivity index (χ1n) is 9.99. The summed E-state index contributed by atoms with van der Waals surface area (Å²) in [5.74, 6) is 0.601. The largest absolute Gasteiger partial charge is 0.332 e. The number of hydrogen-bond donors (Lipinski definition) is 1. The highest BCUT2D eigenvalue weighted by atomic mass is 32.2. The van der Waals surface area contributed by atoms with Crippen LogP contribution >= 0.6 is 23.1 Å². The topological polar surface area (TPSA) is 112 Å². The molecule has 11 heteroatoms. The zero-order valence-corrected chi connectivity index (χ0v) is 19.7. The Labute approximate surface area is 191 Å². The van der Waals surface area contributed by atoms with Crippen molar-refractivity contribution in [1.82, 2.24) is 24.1 Å². The molecular weight excluding hydrogens is 448 g/mol. The van der Waals surface area contributed by atoms with Crippen molar-refractivity contribution in [3.8, 4) is 0 Å². The lowest BCUT2D eigenvalue weighted by Crippen LogP contribution is -2.38. The molecule has 0 radical (unpaired) electrons. The Morgan fingerprint density at radius 2 is 1.88 bits per heavy atom. The van der Waals surface area contributed by atoms with Gasteiger partial charge >= 0.3 is 5.69 Å². The van der Waals surface area contributed by atoms with Crippen molar-refractivity contribution < 1.29 is 4.79 Å². The Kier molecular flexibility index (Phi) is 6.11. The summed E-state index contributed by atoms with van der Waals surface area (Å²) in [7, 11) is 2.99. The number of rotatable bonds is 6. The molecule has 0 spiro atoms. The zero-order chi connectivity index (χ0) is 23.0. The third-order valence-electron chi connectivity index (χ3n) is 4.78. The predicted octanol–water partition coefficient (Wildman–Crippen LogP) is 2.57. The standard InChI is InChI=1S/C21H22N6O3S2/c1-11(2)9-14-23-17-16(19(29)27(4)21(30)26(17)3)18(24-14)31-10-15(28)25-20-22-12-7-5-6-8-13(12)32-20/h5-8,11H,9-10H2,1-4H3,(H,22,25,28). The number of carbonyl (C=O) groups is 1. The van der Waals surface area contributed by atoms with Crippen LogP contribution in [0, 0.1) is 5.92 Å². The Bertz CT molecular complexity index is 1420. The van der Waals surface area contributed by atoms with Crippen molar-refractivity contribution in [2.24, 2.45) is 20.0 Å².